The van der Waals surface area contributed by atoms with Crippen LogP contribution in [0.2, 0.25) is 0 Å². The molecule has 1 atom stereocenters. The van der Waals surface area contributed by atoms with E-state index in [9.17, 15) is 0 Å². The van der Waals surface area contributed by atoms with Crippen LogP contribution in [0.15, 0.2) is 47.5 Å². The first-order valence-electron chi connectivity index (χ1n) is 9.76. The SMILES string of the molecule is CN=C(NCCc1ccc2c(c1)OCO2)N1CCOC(c2ccccc2C)C1.I. The molecule has 0 amide bonds. The smallest absolute Gasteiger partial charge is 0.231 e. The highest BCUT2D eigenvalue weighted by Gasteiger charge is 2.25. The Bertz CT molecular complexity index is 859. The van der Waals surface area contributed by atoms with Gasteiger partial charge in [-0.1, -0.05) is 30.3 Å². The predicted molar refractivity (Wildman–Crippen MR) is 124 cm³/mol. The summed E-state index contributed by atoms with van der Waals surface area (Å²) >= 11 is 0. The number of aryl methyl sites for hydroxylation is 1. The number of benzene rings is 2. The first kappa shape index (κ1) is 21.7. The van der Waals surface area contributed by atoms with E-state index in [-0.39, 0.29) is 30.1 Å². The molecule has 29 heavy (non-hydrogen) atoms. The molecule has 4 rings (SSSR count). The summed E-state index contributed by atoms with van der Waals surface area (Å²) in [5.41, 5.74) is 3.73. The molecular formula is C22H28IN3O3. The lowest BCUT2D eigenvalue weighted by molar-refractivity contribution is -0.00829. The summed E-state index contributed by atoms with van der Waals surface area (Å²) in [5.74, 6) is 2.57. The molecule has 0 bridgehead atoms. The highest BCUT2D eigenvalue weighted by molar-refractivity contribution is 14.0. The Morgan fingerprint density at radius 3 is 2.83 bits per heavy atom. The number of hydrogen-bond donors (Lipinski definition) is 1. The van der Waals surface area contributed by atoms with Gasteiger partial charge in [0.15, 0.2) is 17.5 Å². The van der Waals surface area contributed by atoms with Crippen LogP contribution in [-0.2, 0) is 11.2 Å². The lowest BCUT2D eigenvalue weighted by Crippen LogP contribution is -2.48. The van der Waals surface area contributed by atoms with Crippen molar-refractivity contribution in [2.75, 3.05) is 40.1 Å². The number of halogens is 1. The number of ether oxygens (including phenoxy) is 3. The van der Waals surface area contributed by atoms with Crippen molar-refractivity contribution < 1.29 is 14.2 Å². The molecule has 1 saturated heterocycles. The van der Waals surface area contributed by atoms with Crippen LogP contribution in [0.4, 0.5) is 0 Å². The Morgan fingerprint density at radius 1 is 1.17 bits per heavy atom. The van der Waals surface area contributed by atoms with Crippen molar-refractivity contribution in [1.29, 1.82) is 0 Å². The van der Waals surface area contributed by atoms with Gasteiger partial charge in [0.25, 0.3) is 0 Å². The van der Waals surface area contributed by atoms with Crippen LogP contribution in [0.5, 0.6) is 11.5 Å². The van der Waals surface area contributed by atoms with Crippen LogP contribution >= 0.6 is 24.0 Å². The van der Waals surface area contributed by atoms with Crippen LogP contribution in [0.3, 0.4) is 0 Å². The first-order valence-corrected chi connectivity index (χ1v) is 9.76. The number of nitrogens with one attached hydrogen (secondary N) is 1. The quantitative estimate of drug-likeness (QED) is 0.389. The minimum Gasteiger partial charge on any atom is -0.454 e. The fourth-order valence-corrected chi connectivity index (χ4v) is 3.73. The molecule has 2 aliphatic rings. The lowest BCUT2D eigenvalue weighted by Gasteiger charge is -2.35. The van der Waals surface area contributed by atoms with E-state index in [0.717, 1.165) is 43.5 Å². The molecule has 0 radical (unpaired) electrons. The van der Waals surface area contributed by atoms with Crippen LogP contribution < -0.4 is 14.8 Å². The highest BCUT2D eigenvalue weighted by atomic mass is 127. The number of guanidine groups is 1. The molecule has 2 aliphatic heterocycles. The summed E-state index contributed by atoms with van der Waals surface area (Å²) < 4.78 is 16.9. The third kappa shape index (κ3) is 5.14. The molecule has 1 unspecified atom stereocenters. The van der Waals surface area contributed by atoms with Crippen molar-refractivity contribution in [3.8, 4) is 11.5 Å². The van der Waals surface area contributed by atoms with E-state index in [1.54, 1.807) is 0 Å². The summed E-state index contributed by atoms with van der Waals surface area (Å²) in [4.78, 5) is 6.76. The molecule has 2 aromatic rings. The van der Waals surface area contributed by atoms with Crippen LogP contribution in [0.1, 0.15) is 22.8 Å². The maximum absolute atomic E-state index is 6.04. The Balaban J connectivity index is 0.00000240. The summed E-state index contributed by atoms with van der Waals surface area (Å²) in [5, 5.41) is 3.49. The van der Waals surface area contributed by atoms with Crippen molar-refractivity contribution in [2.24, 2.45) is 4.99 Å². The van der Waals surface area contributed by atoms with Gasteiger partial charge >= 0.3 is 0 Å². The standard InChI is InChI=1S/C22H27N3O3.HI/c1-16-5-3-4-6-18(16)21-14-25(11-12-26-21)22(23-2)24-10-9-17-7-8-19-20(13-17)28-15-27-19;/h3-8,13,21H,9-12,14-15H2,1-2H3,(H,23,24);1H. The van der Waals surface area contributed by atoms with E-state index >= 15 is 0 Å². The van der Waals surface area contributed by atoms with Crippen LogP contribution in [-0.4, -0.2) is 50.9 Å². The van der Waals surface area contributed by atoms with Crippen molar-refractivity contribution in [3.05, 3.63) is 59.2 Å². The average Bonchev–Trinajstić information content (AvgIpc) is 3.19. The van der Waals surface area contributed by atoms with Gasteiger partial charge in [-0.2, -0.15) is 0 Å². The number of hydrogen-bond acceptors (Lipinski definition) is 4. The Kier molecular flexibility index (Phi) is 7.60. The number of rotatable bonds is 4. The van der Waals surface area contributed by atoms with Crippen molar-refractivity contribution in [1.82, 2.24) is 10.2 Å². The molecular weight excluding hydrogens is 481 g/mol. The van der Waals surface area contributed by atoms with Gasteiger partial charge in [0.05, 0.1) is 13.2 Å². The summed E-state index contributed by atoms with van der Waals surface area (Å²) in [7, 11) is 1.83. The van der Waals surface area contributed by atoms with Gasteiger partial charge in [-0.15, -0.1) is 24.0 Å². The molecule has 0 spiro atoms. The van der Waals surface area contributed by atoms with Crippen molar-refractivity contribution in [3.63, 3.8) is 0 Å². The van der Waals surface area contributed by atoms with Gasteiger partial charge < -0.3 is 24.4 Å². The van der Waals surface area contributed by atoms with Crippen molar-refractivity contribution in [2.45, 2.75) is 19.4 Å². The molecule has 2 aromatic carbocycles. The molecule has 2 heterocycles. The number of morpholine rings is 1. The Labute approximate surface area is 189 Å². The second-order valence-electron chi connectivity index (χ2n) is 7.07. The third-order valence-corrected chi connectivity index (χ3v) is 5.25. The van der Waals surface area contributed by atoms with Gasteiger partial charge in [-0.25, -0.2) is 0 Å². The molecule has 1 fully saturated rings. The van der Waals surface area contributed by atoms with Gasteiger partial charge in [-0.05, 0) is 42.2 Å². The molecule has 156 valence electrons. The highest BCUT2D eigenvalue weighted by Crippen LogP contribution is 2.32. The number of nitrogens with zero attached hydrogens (tertiary/aromatic N) is 2. The third-order valence-electron chi connectivity index (χ3n) is 5.25. The normalized spacial score (nSPS) is 18.3. The maximum atomic E-state index is 6.04. The molecule has 0 aromatic heterocycles. The average molecular weight is 509 g/mol. The molecule has 1 N–H and O–H groups in total. The zero-order chi connectivity index (χ0) is 19.3. The number of aliphatic imine (C=N–C) groups is 1. The zero-order valence-corrected chi connectivity index (χ0v) is 19.2. The summed E-state index contributed by atoms with van der Waals surface area (Å²) in [6.07, 6.45) is 0.962. The Hall–Kier alpha value is -2.00. The minimum absolute atomic E-state index is 0. The molecule has 7 heteroatoms. The van der Waals surface area contributed by atoms with Gasteiger partial charge in [0.1, 0.15) is 6.10 Å². The predicted octanol–water partition coefficient (Wildman–Crippen LogP) is 3.53. The van der Waals surface area contributed by atoms with Crippen LogP contribution in [0.25, 0.3) is 0 Å². The lowest BCUT2D eigenvalue weighted by atomic mass is 10.0. The van der Waals surface area contributed by atoms with E-state index < -0.39 is 0 Å². The van der Waals surface area contributed by atoms with E-state index in [4.69, 9.17) is 14.2 Å². The summed E-state index contributed by atoms with van der Waals surface area (Å²) in [6, 6.07) is 14.5. The number of fused-ring (bicyclic) bond motifs is 1. The van der Waals surface area contributed by atoms with Gasteiger partial charge in [0.2, 0.25) is 6.79 Å². The largest absolute Gasteiger partial charge is 0.454 e. The van der Waals surface area contributed by atoms with E-state index in [0.29, 0.717) is 13.4 Å². The molecule has 0 saturated carbocycles. The monoisotopic (exact) mass is 509 g/mol. The van der Waals surface area contributed by atoms with Gasteiger partial charge in [0, 0.05) is 20.1 Å². The van der Waals surface area contributed by atoms with Crippen LogP contribution in [0, 0.1) is 6.92 Å². The molecule has 0 aliphatic carbocycles. The second-order valence-corrected chi connectivity index (χ2v) is 7.07. The van der Waals surface area contributed by atoms with E-state index in [1.807, 2.05) is 13.1 Å². The topological polar surface area (TPSA) is 55.3 Å². The maximum Gasteiger partial charge on any atom is 0.231 e. The van der Waals surface area contributed by atoms with E-state index in [1.165, 1.54) is 16.7 Å². The zero-order valence-electron chi connectivity index (χ0n) is 16.9. The fraction of sp³-hybridized carbons (Fsp3) is 0.409. The first-order chi connectivity index (χ1) is 13.7. The van der Waals surface area contributed by atoms with Gasteiger partial charge in [-0.3, -0.25) is 4.99 Å². The second kappa shape index (κ2) is 10.2. The minimum atomic E-state index is 0. The summed E-state index contributed by atoms with van der Waals surface area (Å²) in [6.45, 7) is 5.58. The van der Waals surface area contributed by atoms with E-state index in [2.05, 4.69) is 58.5 Å². The fourth-order valence-electron chi connectivity index (χ4n) is 3.73. The Morgan fingerprint density at radius 2 is 2.00 bits per heavy atom. The molecule has 6 nitrogen and oxygen atoms in total. The van der Waals surface area contributed by atoms with Crippen molar-refractivity contribution >= 4 is 29.9 Å².